The summed E-state index contributed by atoms with van der Waals surface area (Å²) < 4.78 is 22.0. The summed E-state index contributed by atoms with van der Waals surface area (Å²) in [6, 6.07) is 6.00. The van der Waals surface area contributed by atoms with Gasteiger partial charge in [0.25, 0.3) is 5.91 Å². The number of aliphatic carboxylic acids is 1. The molecule has 0 aromatic heterocycles. The maximum absolute atomic E-state index is 11.8. The van der Waals surface area contributed by atoms with Gasteiger partial charge < -0.3 is 10.4 Å². The standard InChI is InChI=1S/C12H16N2O5S/c1-8(12(16)17)6-14-11(15)10-4-2-3-9(5-10)7-20(13,18)19/h2-5,8H,6-7H2,1H3,(H,14,15)(H,16,17)(H2,13,18,19). The molecule has 0 saturated carbocycles. The summed E-state index contributed by atoms with van der Waals surface area (Å²) in [6.45, 7) is 1.47. The predicted molar refractivity (Wildman–Crippen MR) is 72.4 cm³/mol. The molecule has 8 heteroatoms. The molecule has 0 heterocycles. The molecule has 0 spiro atoms. The number of carboxylic acids is 1. The van der Waals surface area contributed by atoms with Crippen molar-refractivity contribution in [1.82, 2.24) is 5.32 Å². The lowest BCUT2D eigenvalue weighted by Crippen LogP contribution is -2.31. The lowest BCUT2D eigenvalue weighted by Gasteiger charge is -2.09. The Kier molecular flexibility index (Phi) is 5.23. The van der Waals surface area contributed by atoms with E-state index in [1.165, 1.54) is 25.1 Å². The average Bonchev–Trinajstić information content (AvgIpc) is 2.33. The zero-order valence-corrected chi connectivity index (χ0v) is 11.7. The minimum Gasteiger partial charge on any atom is -0.481 e. The largest absolute Gasteiger partial charge is 0.481 e. The molecule has 0 aliphatic heterocycles. The predicted octanol–water partition coefficient (Wildman–Crippen LogP) is -0.0744. The highest BCUT2D eigenvalue weighted by Crippen LogP contribution is 2.08. The third kappa shape index (κ3) is 5.37. The van der Waals surface area contributed by atoms with E-state index in [0.717, 1.165) is 0 Å². The van der Waals surface area contributed by atoms with E-state index < -0.39 is 27.8 Å². The zero-order chi connectivity index (χ0) is 15.3. The number of carboxylic acid groups (broad SMARTS) is 1. The van der Waals surface area contributed by atoms with Crippen LogP contribution >= 0.6 is 0 Å². The molecule has 1 atom stereocenters. The van der Waals surface area contributed by atoms with Crippen molar-refractivity contribution in [2.75, 3.05) is 6.54 Å². The van der Waals surface area contributed by atoms with Crippen LogP contribution in [0.4, 0.5) is 0 Å². The quantitative estimate of drug-likeness (QED) is 0.677. The molecule has 20 heavy (non-hydrogen) atoms. The summed E-state index contributed by atoms with van der Waals surface area (Å²) in [5.41, 5.74) is 0.648. The minimum atomic E-state index is -3.67. The first-order chi connectivity index (χ1) is 9.19. The molecule has 0 aliphatic rings. The van der Waals surface area contributed by atoms with E-state index in [-0.39, 0.29) is 17.9 Å². The molecule has 1 rings (SSSR count). The van der Waals surface area contributed by atoms with Gasteiger partial charge in [-0.25, -0.2) is 13.6 Å². The molecule has 110 valence electrons. The third-order valence-corrected chi connectivity index (χ3v) is 3.28. The highest BCUT2D eigenvalue weighted by molar-refractivity contribution is 7.88. The number of amides is 1. The molecule has 1 aromatic carbocycles. The van der Waals surface area contributed by atoms with Crippen LogP contribution in [0.15, 0.2) is 24.3 Å². The lowest BCUT2D eigenvalue weighted by molar-refractivity contribution is -0.140. The zero-order valence-electron chi connectivity index (χ0n) is 10.9. The highest BCUT2D eigenvalue weighted by Gasteiger charge is 2.14. The first-order valence-electron chi connectivity index (χ1n) is 5.79. The van der Waals surface area contributed by atoms with Gasteiger partial charge in [0.15, 0.2) is 0 Å². The Morgan fingerprint density at radius 2 is 2.05 bits per heavy atom. The molecule has 1 unspecified atom stereocenters. The molecule has 4 N–H and O–H groups in total. The summed E-state index contributed by atoms with van der Waals surface area (Å²) in [4.78, 5) is 22.4. The molecule has 1 aromatic rings. The number of hydrogen-bond acceptors (Lipinski definition) is 4. The number of nitrogens with one attached hydrogen (secondary N) is 1. The van der Waals surface area contributed by atoms with Crippen molar-refractivity contribution in [2.24, 2.45) is 11.1 Å². The van der Waals surface area contributed by atoms with Gasteiger partial charge >= 0.3 is 5.97 Å². The second-order valence-electron chi connectivity index (χ2n) is 4.46. The van der Waals surface area contributed by atoms with Crippen molar-refractivity contribution < 1.29 is 23.1 Å². The van der Waals surface area contributed by atoms with Crippen LogP contribution in [0.25, 0.3) is 0 Å². The average molecular weight is 300 g/mol. The number of sulfonamides is 1. The van der Waals surface area contributed by atoms with Crippen molar-refractivity contribution >= 4 is 21.9 Å². The minimum absolute atomic E-state index is 0.00637. The Labute approximate surface area is 116 Å². The van der Waals surface area contributed by atoms with Crippen LogP contribution < -0.4 is 10.5 Å². The van der Waals surface area contributed by atoms with Crippen molar-refractivity contribution in [3.63, 3.8) is 0 Å². The number of carbonyl (C=O) groups excluding carboxylic acids is 1. The monoisotopic (exact) mass is 300 g/mol. The molecule has 0 fully saturated rings. The van der Waals surface area contributed by atoms with Gasteiger partial charge in [-0.15, -0.1) is 0 Å². The van der Waals surface area contributed by atoms with E-state index in [1.807, 2.05) is 0 Å². The Hall–Kier alpha value is -1.93. The van der Waals surface area contributed by atoms with Crippen molar-refractivity contribution in [3.05, 3.63) is 35.4 Å². The third-order valence-electron chi connectivity index (χ3n) is 2.55. The van der Waals surface area contributed by atoms with Gasteiger partial charge in [-0.3, -0.25) is 9.59 Å². The summed E-state index contributed by atoms with van der Waals surface area (Å²) in [7, 11) is -3.67. The van der Waals surface area contributed by atoms with Gasteiger partial charge in [0.05, 0.1) is 11.7 Å². The van der Waals surface area contributed by atoms with Gasteiger partial charge in [-0.05, 0) is 17.7 Å². The maximum Gasteiger partial charge on any atom is 0.308 e. The molecule has 0 bridgehead atoms. The van der Waals surface area contributed by atoms with E-state index in [4.69, 9.17) is 10.2 Å². The van der Waals surface area contributed by atoms with Crippen LogP contribution in [0.3, 0.4) is 0 Å². The van der Waals surface area contributed by atoms with E-state index in [2.05, 4.69) is 5.32 Å². The normalized spacial score (nSPS) is 12.7. The molecule has 1 amide bonds. The number of nitrogens with two attached hydrogens (primary N) is 1. The smallest absolute Gasteiger partial charge is 0.308 e. The van der Waals surface area contributed by atoms with E-state index in [1.54, 1.807) is 6.07 Å². The molecule has 0 aliphatic carbocycles. The number of carbonyl (C=O) groups is 2. The summed E-state index contributed by atoms with van der Waals surface area (Å²) in [5, 5.41) is 16.1. The van der Waals surface area contributed by atoms with Crippen LogP contribution in [0.5, 0.6) is 0 Å². The SMILES string of the molecule is CC(CNC(=O)c1cccc(CS(N)(=O)=O)c1)C(=O)O. The van der Waals surface area contributed by atoms with Crippen molar-refractivity contribution in [3.8, 4) is 0 Å². The van der Waals surface area contributed by atoms with Gasteiger partial charge in [-0.1, -0.05) is 19.1 Å². The van der Waals surface area contributed by atoms with Crippen molar-refractivity contribution in [2.45, 2.75) is 12.7 Å². The van der Waals surface area contributed by atoms with Crippen LogP contribution in [0.1, 0.15) is 22.8 Å². The fourth-order valence-corrected chi connectivity index (χ4v) is 2.11. The lowest BCUT2D eigenvalue weighted by atomic mass is 10.1. The molecular formula is C12H16N2O5S. The van der Waals surface area contributed by atoms with Gasteiger partial charge in [-0.2, -0.15) is 0 Å². The van der Waals surface area contributed by atoms with Crippen LogP contribution in [-0.2, 0) is 20.6 Å². The van der Waals surface area contributed by atoms with Crippen LogP contribution in [-0.4, -0.2) is 31.9 Å². The van der Waals surface area contributed by atoms with Crippen LogP contribution in [0.2, 0.25) is 0 Å². The Bertz CT molecular complexity index is 612. The number of hydrogen-bond donors (Lipinski definition) is 3. The number of benzene rings is 1. The second kappa shape index (κ2) is 6.49. The summed E-state index contributed by atoms with van der Waals surface area (Å²) >= 11 is 0. The van der Waals surface area contributed by atoms with Crippen molar-refractivity contribution in [1.29, 1.82) is 0 Å². The number of rotatable bonds is 6. The molecule has 7 nitrogen and oxygen atoms in total. The summed E-state index contributed by atoms with van der Waals surface area (Å²) in [6.07, 6.45) is 0. The fourth-order valence-electron chi connectivity index (χ4n) is 1.47. The highest BCUT2D eigenvalue weighted by atomic mass is 32.2. The van der Waals surface area contributed by atoms with Gasteiger partial charge in [0.2, 0.25) is 10.0 Å². The maximum atomic E-state index is 11.8. The second-order valence-corrected chi connectivity index (χ2v) is 6.07. The molecule has 0 radical (unpaired) electrons. The van der Waals surface area contributed by atoms with Gasteiger partial charge in [0, 0.05) is 12.1 Å². The first kappa shape index (κ1) is 16.1. The Balaban J connectivity index is 2.74. The Morgan fingerprint density at radius 3 is 2.60 bits per heavy atom. The topological polar surface area (TPSA) is 127 Å². The van der Waals surface area contributed by atoms with E-state index in [0.29, 0.717) is 5.56 Å². The molecule has 0 saturated heterocycles. The number of primary sulfonamides is 1. The fraction of sp³-hybridized carbons (Fsp3) is 0.333. The van der Waals surface area contributed by atoms with E-state index in [9.17, 15) is 18.0 Å². The molecular weight excluding hydrogens is 284 g/mol. The summed E-state index contributed by atoms with van der Waals surface area (Å²) in [5.74, 6) is -2.53. The van der Waals surface area contributed by atoms with Crippen LogP contribution in [0, 0.1) is 5.92 Å². The first-order valence-corrected chi connectivity index (χ1v) is 7.51. The van der Waals surface area contributed by atoms with E-state index >= 15 is 0 Å². The Morgan fingerprint density at radius 1 is 1.40 bits per heavy atom. The van der Waals surface area contributed by atoms with Gasteiger partial charge in [0.1, 0.15) is 0 Å².